The highest BCUT2D eigenvalue weighted by molar-refractivity contribution is 5.90. The number of nitrogens with one attached hydrogen (secondary N) is 2. The standard InChI is InChI=1S/C12H23N3O4/c1-6(2)7(14-11(13)19)9(16)15-8(10(17)18)12(3,4)5/h6-8H,1-5H3,(H,15,16)(H,17,18)(H3,13,14,19)/t7?,8-/m0/s1. The van der Waals surface area contributed by atoms with Crippen LogP contribution in [0.15, 0.2) is 0 Å². The van der Waals surface area contributed by atoms with Crippen molar-refractivity contribution >= 4 is 17.9 Å². The van der Waals surface area contributed by atoms with E-state index in [1.54, 1.807) is 34.6 Å². The van der Waals surface area contributed by atoms with E-state index in [0.29, 0.717) is 0 Å². The normalized spacial score (nSPS) is 14.6. The van der Waals surface area contributed by atoms with Crippen LogP contribution in [0.4, 0.5) is 4.79 Å². The first-order valence-corrected chi connectivity index (χ1v) is 6.06. The summed E-state index contributed by atoms with van der Waals surface area (Å²) in [6, 6.07) is -2.73. The second-order valence-corrected chi connectivity index (χ2v) is 5.88. The van der Waals surface area contributed by atoms with E-state index in [9.17, 15) is 14.4 Å². The molecular weight excluding hydrogens is 250 g/mol. The summed E-state index contributed by atoms with van der Waals surface area (Å²) in [5.41, 5.74) is 4.36. The predicted molar refractivity (Wildman–Crippen MR) is 70.4 cm³/mol. The van der Waals surface area contributed by atoms with Crippen molar-refractivity contribution in [1.82, 2.24) is 10.6 Å². The van der Waals surface area contributed by atoms with Crippen LogP contribution < -0.4 is 16.4 Å². The van der Waals surface area contributed by atoms with Crippen LogP contribution >= 0.6 is 0 Å². The molecule has 0 aromatic heterocycles. The Morgan fingerprint density at radius 3 is 1.84 bits per heavy atom. The maximum absolute atomic E-state index is 12.0. The molecule has 0 rings (SSSR count). The van der Waals surface area contributed by atoms with Crippen molar-refractivity contribution in [3.05, 3.63) is 0 Å². The molecule has 0 aliphatic carbocycles. The minimum Gasteiger partial charge on any atom is -0.480 e. The van der Waals surface area contributed by atoms with Crippen LogP contribution in [0.5, 0.6) is 0 Å². The average Bonchev–Trinajstić information content (AvgIpc) is 2.19. The van der Waals surface area contributed by atoms with Crippen LogP contribution in [0.25, 0.3) is 0 Å². The molecule has 0 saturated carbocycles. The van der Waals surface area contributed by atoms with Crippen LogP contribution in [-0.4, -0.2) is 35.1 Å². The van der Waals surface area contributed by atoms with Gasteiger partial charge in [0, 0.05) is 0 Å². The van der Waals surface area contributed by atoms with Crippen molar-refractivity contribution in [1.29, 1.82) is 0 Å². The Morgan fingerprint density at radius 2 is 1.58 bits per heavy atom. The van der Waals surface area contributed by atoms with Gasteiger partial charge in [0.15, 0.2) is 0 Å². The molecule has 5 N–H and O–H groups in total. The second kappa shape index (κ2) is 6.40. The van der Waals surface area contributed by atoms with E-state index in [-0.39, 0.29) is 5.92 Å². The summed E-state index contributed by atoms with van der Waals surface area (Å²) in [5.74, 6) is -1.89. The summed E-state index contributed by atoms with van der Waals surface area (Å²) in [7, 11) is 0. The Bertz CT molecular complexity index is 360. The van der Waals surface area contributed by atoms with Gasteiger partial charge in [-0.1, -0.05) is 34.6 Å². The highest BCUT2D eigenvalue weighted by Gasteiger charge is 2.35. The minimum absolute atomic E-state index is 0.207. The van der Waals surface area contributed by atoms with Gasteiger partial charge in [0.25, 0.3) is 0 Å². The molecule has 7 heteroatoms. The van der Waals surface area contributed by atoms with Gasteiger partial charge in [0.2, 0.25) is 5.91 Å². The largest absolute Gasteiger partial charge is 0.480 e. The smallest absolute Gasteiger partial charge is 0.326 e. The number of urea groups is 1. The Morgan fingerprint density at radius 1 is 1.11 bits per heavy atom. The van der Waals surface area contributed by atoms with E-state index in [0.717, 1.165) is 0 Å². The summed E-state index contributed by atoms with van der Waals surface area (Å²) in [6.45, 7) is 8.58. The lowest BCUT2D eigenvalue weighted by Crippen LogP contribution is -2.57. The predicted octanol–water partition coefficient (Wildman–Crippen LogP) is 0.295. The number of rotatable bonds is 5. The second-order valence-electron chi connectivity index (χ2n) is 5.88. The fourth-order valence-corrected chi connectivity index (χ4v) is 1.57. The van der Waals surface area contributed by atoms with Crippen molar-refractivity contribution in [2.75, 3.05) is 0 Å². The van der Waals surface area contributed by atoms with Crippen LogP contribution in [0, 0.1) is 11.3 Å². The molecule has 0 spiro atoms. The third-order valence-corrected chi connectivity index (χ3v) is 2.65. The van der Waals surface area contributed by atoms with Crippen molar-refractivity contribution in [3.63, 3.8) is 0 Å². The molecule has 19 heavy (non-hydrogen) atoms. The van der Waals surface area contributed by atoms with Gasteiger partial charge in [-0.05, 0) is 11.3 Å². The summed E-state index contributed by atoms with van der Waals surface area (Å²) < 4.78 is 0. The van der Waals surface area contributed by atoms with E-state index >= 15 is 0 Å². The zero-order valence-corrected chi connectivity index (χ0v) is 12.0. The molecule has 1 unspecified atom stereocenters. The molecule has 0 saturated heterocycles. The zero-order chi connectivity index (χ0) is 15.4. The molecule has 0 aromatic carbocycles. The van der Waals surface area contributed by atoms with Crippen LogP contribution in [0.3, 0.4) is 0 Å². The van der Waals surface area contributed by atoms with Gasteiger partial charge in [-0.25, -0.2) is 9.59 Å². The summed E-state index contributed by atoms with van der Waals surface area (Å²) in [5, 5.41) is 13.9. The van der Waals surface area contributed by atoms with Gasteiger partial charge in [-0.15, -0.1) is 0 Å². The quantitative estimate of drug-likeness (QED) is 0.575. The Kier molecular flexibility index (Phi) is 5.80. The number of aliphatic carboxylic acids is 1. The fraction of sp³-hybridized carbons (Fsp3) is 0.750. The molecule has 7 nitrogen and oxygen atoms in total. The van der Waals surface area contributed by atoms with Gasteiger partial charge >= 0.3 is 12.0 Å². The summed E-state index contributed by atoms with van der Waals surface area (Å²) >= 11 is 0. The van der Waals surface area contributed by atoms with Gasteiger partial charge < -0.3 is 21.5 Å². The van der Waals surface area contributed by atoms with E-state index in [4.69, 9.17) is 10.8 Å². The molecule has 0 radical (unpaired) electrons. The van der Waals surface area contributed by atoms with Crippen molar-refractivity contribution < 1.29 is 19.5 Å². The highest BCUT2D eigenvalue weighted by atomic mass is 16.4. The number of primary amides is 1. The molecule has 110 valence electrons. The van der Waals surface area contributed by atoms with Crippen LogP contribution in [-0.2, 0) is 9.59 Å². The lowest BCUT2D eigenvalue weighted by molar-refractivity contribution is -0.145. The van der Waals surface area contributed by atoms with E-state index in [1.165, 1.54) is 0 Å². The van der Waals surface area contributed by atoms with E-state index < -0.39 is 35.4 Å². The van der Waals surface area contributed by atoms with Crippen LogP contribution in [0.1, 0.15) is 34.6 Å². The Labute approximate surface area is 112 Å². The molecule has 0 bridgehead atoms. The Balaban J connectivity index is 4.97. The molecule has 3 amide bonds. The SMILES string of the molecule is CC(C)C(NC(N)=O)C(=O)N[C@@H](C(=O)O)C(C)(C)C. The van der Waals surface area contributed by atoms with Gasteiger partial charge in [0.1, 0.15) is 12.1 Å². The molecule has 0 aromatic rings. The van der Waals surface area contributed by atoms with Crippen LogP contribution in [0.2, 0.25) is 0 Å². The monoisotopic (exact) mass is 273 g/mol. The first-order valence-electron chi connectivity index (χ1n) is 6.06. The lowest BCUT2D eigenvalue weighted by Gasteiger charge is -2.30. The van der Waals surface area contributed by atoms with E-state index in [1.807, 2.05) is 0 Å². The van der Waals surface area contributed by atoms with Gasteiger partial charge in [0.05, 0.1) is 0 Å². The number of carboxylic acid groups (broad SMARTS) is 1. The molecule has 0 fully saturated rings. The maximum atomic E-state index is 12.0. The summed E-state index contributed by atoms with van der Waals surface area (Å²) in [4.78, 5) is 34.1. The molecule has 0 aliphatic heterocycles. The average molecular weight is 273 g/mol. The first kappa shape index (κ1) is 17.2. The van der Waals surface area contributed by atoms with Gasteiger partial charge in [-0.3, -0.25) is 4.79 Å². The molecule has 2 atom stereocenters. The number of carbonyl (C=O) groups excluding carboxylic acids is 2. The fourth-order valence-electron chi connectivity index (χ4n) is 1.57. The number of nitrogens with two attached hydrogens (primary N) is 1. The van der Waals surface area contributed by atoms with E-state index in [2.05, 4.69) is 10.6 Å². The van der Waals surface area contributed by atoms with Crippen molar-refractivity contribution in [2.45, 2.75) is 46.7 Å². The van der Waals surface area contributed by atoms with Crippen molar-refractivity contribution in [2.24, 2.45) is 17.1 Å². The number of carbonyl (C=O) groups is 3. The molecular formula is C12H23N3O4. The zero-order valence-electron chi connectivity index (χ0n) is 12.0. The number of amides is 3. The number of carboxylic acids is 1. The van der Waals surface area contributed by atoms with Gasteiger partial charge in [-0.2, -0.15) is 0 Å². The lowest BCUT2D eigenvalue weighted by atomic mass is 9.86. The topological polar surface area (TPSA) is 122 Å². The Hall–Kier alpha value is -1.79. The third-order valence-electron chi connectivity index (χ3n) is 2.65. The summed E-state index contributed by atoms with van der Waals surface area (Å²) in [6.07, 6.45) is 0. The first-order chi connectivity index (χ1) is 8.46. The maximum Gasteiger partial charge on any atom is 0.326 e. The molecule has 0 aliphatic rings. The number of hydrogen-bond acceptors (Lipinski definition) is 3. The minimum atomic E-state index is -1.12. The molecule has 0 heterocycles. The third kappa shape index (κ3) is 5.58. The van der Waals surface area contributed by atoms with Crippen molar-refractivity contribution in [3.8, 4) is 0 Å². The number of hydrogen-bond donors (Lipinski definition) is 4. The highest BCUT2D eigenvalue weighted by Crippen LogP contribution is 2.19.